The lowest BCUT2D eigenvalue weighted by Crippen LogP contribution is -2.32. The van der Waals surface area contributed by atoms with Gasteiger partial charge in [-0.3, -0.25) is 14.3 Å². The molecule has 3 rings (SSSR count). The number of benzene rings is 2. The maximum atomic E-state index is 12.9. The lowest BCUT2D eigenvalue weighted by molar-refractivity contribution is -0.123. The van der Waals surface area contributed by atoms with Gasteiger partial charge in [0.25, 0.3) is 11.5 Å². The first kappa shape index (κ1) is 20.9. The second-order valence-electron chi connectivity index (χ2n) is 6.97. The maximum absolute atomic E-state index is 12.9. The van der Waals surface area contributed by atoms with E-state index in [2.05, 4.69) is 5.32 Å². The molecule has 2 aromatic carbocycles. The topological polar surface area (TPSA) is 103 Å². The van der Waals surface area contributed by atoms with Gasteiger partial charge >= 0.3 is 5.97 Å². The van der Waals surface area contributed by atoms with Crippen molar-refractivity contribution in [3.8, 4) is 11.4 Å². The monoisotopic (exact) mass is 409 g/mol. The van der Waals surface area contributed by atoms with Crippen molar-refractivity contribution in [2.45, 2.75) is 26.9 Å². The molecule has 0 saturated heterocycles. The van der Waals surface area contributed by atoms with Gasteiger partial charge in [-0.2, -0.15) is 0 Å². The number of aromatic hydroxyl groups is 1. The van der Waals surface area contributed by atoms with Crippen LogP contribution in [0, 0.1) is 13.8 Å². The zero-order valence-electron chi connectivity index (χ0n) is 17.2. The normalized spacial score (nSPS) is 11.7. The number of phenols is 1. The van der Waals surface area contributed by atoms with Gasteiger partial charge in [-0.05, 0) is 50.6 Å². The highest BCUT2D eigenvalue weighted by Gasteiger charge is 2.23. The van der Waals surface area contributed by atoms with Crippen LogP contribution in [0.15, 0.2) is 53.3 Å². The smallest absolute Gasteiger partial charge is 0.339 e. The van der Waals surface area contributed by atoms with Gasteiger partial charge in [-0.25, -0.2) is 9.48 Å². The number of esters is 1. The number of carbonyl (C=O) groups is 2. The Morgan fingerprint density at radius 1 is 1.10 bits per heavy atom. The molecule has 1 amide bonds. The number of aryl methyl sites for hydroxylation is 1. The fourth-order valence-electron chi connectivity index (χ4n) is 2.96. The highest BCUT2D eigenvalue weighted by atomic mass is 16.5. The van der Waals surface area contributed by atoms with Crippen LogP contribution in [0.4, 0.5) is 5.69 Å². The van der Waals surface area contributed by atoms with Crippen molar-refractivity contribution in [2.75, 3.05) is 5.32 Å². The minimum Gasteiger partial charge on any atom is -0.508 e. The molecule has 156 valence electrons. The zero-order chi connectivity index (χ0) is 22.0. The van der Waals surface area contributed by atoms with Crippen molar-refractivity contribution in [1.29, 1.82) is 0 Å². The molecule has 8 nitrogen and oxygen atoms in total. The zero-order valence-corrected chi connectivity index (χ0v) is 17.2. The lowest BCUT2D eigenvalue weighted by atomic mass is 10.1. The summed E-state index contributed by atoms with van der Waals surface area (Å²) in [6.07, 6.45) is -1.15. The fourth-order valence-corrected chi connectivity index (χ4v) is 2.96. The van der Waals surface area contributed by atoms with Crippen molar-refractivity contribution in [2.24, 2.45) is 7.05 Å². The second-order valence-corrected chi connectivity index (χ2v) is 6.97. The van der Waals surface area contributed by atoms with Gasteiger partial charge in [-0.1, -0.05) is 24.3 Å². The summed E-state index contributed by atoms with van der Waals surface area (Å²) in [7, 11) is 1.71. The molecule has 8 heteroatoms. The highest BCUT2D eigenvalue weighted by Crippen LogP contribution is 2.19. The standard InChI is InChI=1S/C22H23N3O5/c1-13-10-11-16(12-18(13)26)22(29)30-15(3)20(27)23-19-14(2)24(4)25(21(19)28)17-8-6-5-7-9-17/h5-12,15,26H,1-4H3,(H,23,27). The van der Waals surface area contributed by atoms with Crippen LogP contribution < -0.4 is 10.9 Å². The third kappa shape index (κ3) is 3.98. The average molecular weight is 409 g/mol. The average Bonchev–Trinajstić information content (AvgIpc) is 2.93. The lowest BCUT2D eigenvalue weighted by Gasteiger charge is -2.13. The number of nitrogens with zero attached hydrogens (tertiary/aromatic N) is 2. The van der Waals surface area contributed by atoms with Gasteiger partial charge in [0.2, 0.25) is 0 Å². The fraction of sp³-hybridized carbons (Fsp3) is 0.227. The minimum atomic E-state index is -1.15. The number of hydrogen-bond acceptors (Lipinski definition) is 5. The number of ether oxygens (including phenoxy) is 1. The van der Waals surface area contributed by atoms with Gasteiger partial charge in [0.05, 0.1) is 16.9 Å². The number of rotatable bonds is 5. The van der Waals surface area contributed by atoms with Gasteiger partial charge in [0, 0.05) is 7.05 Å². The molecule has 0 bridgehead atoms. The van der Waals surface area contributed by atoms with E-state index >= 15 is 0 Å². The third-order valence-electron chi connectivity index (χ3n) is 4.90. The number of phenolic OH excluding ortho intramolecular Hbond substituents is 1. The van der Waals surface area contributed by atoms with Gasteiger partial charge in [0.1, 0.15) is 11.4 Å². The Morgan fingerprint density at radius 3 is 2.40 bits per heavy atom. The van der Waals surface area contributed by atoms with Crippen LogP contribution in [-0.4, -0.2) is 32.5 Å². The maximum Gasteiger partial charge on any atom is 0.339 e. The molecule has 0 aliphatic heterocycles. The molecule has 30 heavy (non-hydrogen) atoms. The van der Waals surface area contributed by atoms with Crippen LogP contribution in [0.5, 0.6) is 5.75 Å². The molecule has 1 heterocycles. The van der Waals surface area contributed by atoms with E-state index in [1.807, 2.05) is 18.2 Å². The molecule has 0 radical (unpaired) electrons. The molecule has 1 unspecified atom stereocenters. The summed E-state index contributed by atoms with van der Waals surface area (Å²) in [5, 5.41) is 12.3. The molecular weight excluding hydrogens is 386 g/mol. The van der Waals surface area contributed by atoms with Crippen molar-refractivity contribution >= 4 is 17.6 Å². The number of aromatic nitrogens is 2. The predicted octanol–water partition coefficient (Wildman–Crippen LogP) is 2.68. The Balaban J connectivity index is 1.78. The minimum absolute atomic E-state index is 0.0390. The van der Waals surface area contributed by atoms with E-state index in [4.69, 9.17) is 4.74 Å². The number of carbonyl (C=O) groups excluding carboxylic acids is 2. The largest absolute Gasteiger partial charge is 0.508 e. The number of para-hydroxylation sites is 1. The van der Waals surface area contributed by atoms with Crippen LogP contribution >= 0.6 is 0 Å². The number of nitrogens with one attached hydrogen (secondary N) is 1. The molecule has 1 aromatic heterocycles. The summed E-state index contributed by atoms with van der Waals surface area (Å²) in [6, 6.07) is 13.4. The van der Waals surface area contributed by atoms with Crippen LogP contribution in [-0.2, 0) is 16.6 Å². The first-order valence-corrected chi connectivity index (χ1v) is 9.36. The Hall–Kier alpha value is -3.81. The quantitative estimate of drug-likeness (QED) is 0.631. The van der Waals surface area contributed by atoms with Crippen LogP contribution in [0.1, 0.15) is 28.5 Å². The van der Waals surface area contributed by atoms with Gasteiger partial charge < -0.3 is 15.2 Å². The summed E-state index contributed by atoms with van der Waals surface area (Å²) < 4.78 is 8.27. The molecule has 0 spiro atoms. The Morgan fingerprint density at radius 2 is 1.77 bits per heavy atom. The molecule has 3 aromatic rings. The van der Waals surface area contributed by atoms with E-state index in [1.54, 1.807) is 43.8 Å². The van der Waals surface area contributed by atoms with Gasteiger partial charge in [-0.15, -0.1) is 0 Å². The molecule has 0 aliphatic carbocycles. The first-order chi connectivity index (χ1) is 14.2. The Labute approximate surface area is 173 Å². The Kier molecular flexibility index (Phi) is 5.77. The summed E-state index contributed by atoms with van der Waals surface area (Å²) in [6.45, 7) is 4.82. The van der Waals surface area contributed by atoms with Crippen LogP contribution in [0.25, 0.3) is 5.69 Å². The van der Waals surface area contributed by atoms with E-state index in [-0.39, 0.29) is 17.0 Å². The van der Waals surface area contributed by atoms with Crippen molar-refractivity contribution in [3.05, 3.63) is 75.7 Å². The molecule has 0 aliphatic rings. The van der Waals surface area contributed by atoms with E-state index in [9.17, 15) is 19.5 Å². The molecule has 0 fully saturated rings. The van der Waals surface area contributed by atoms with Crippen molar-refractivity contribution in [1.82, 2.24) is 9.36 Å². The number of anilines is 1. The molecule has 0 saturated carbocycles. The van der Waals surface area contributed by atoms with Crippen molar-refractivity contribution in [3.63, 3.8) is 0 Å². The van der Waals surface area contributed by atoms with Gasteiger partial charge in [0.15, 0.2) is 6.10 Å². The molecular formula is C22H23N3O5. The third-order valence-corrected chi connectivity index (χ3v) is 4.90. The highest BCUT2D eigenvalue weighted by molar-refractivity contribution is 5.97. The summed E-state index contributed by atoms with van der Waals surface area (Å²) >= 11 is 0. The van der Waals surface area contributed by atoms with E-state index in [0.29, 0.717) is 16.9 Å². The number of amides is 1. The van der Waals surface area contributed by atoms with Crippen molar-refractivity contribution < 1.29 is 19.4 Å². The Bertz CT molecular complexity index is 1160. The SMILES string of the molecule is Cc1ccc(C(=O)OC(C)C(=O)Nc2c(C)n(C)n(-c3ccccc3)c2=O)cc1O. The summed E-state index contributed by atoms with van der Waals surface area (Å²) in [5.74, 6) is -1.42. The summed E-state index contributed by atoms with van der Waals surface area (Å²) in [5.41, 5.74) is 1.68. The van der Waals surface area contributed by atoms with E-state index < -0.39 is 23.5 Å². The molecule has 2 N–H and O–H groups in total. The predicted molar refractivity (Wildman–Crippen MR) is 112 cm³/mol. The van der Waals surface area contributed by atoms with Crippen LogP contribution in [0.3, 0.4) is 0 Å². The first-order valence-electron chi connectivity index (χ1n) is 9.36. The number of hydrogen-bond donors (Lipinski definition) is 2. The summed E-state index contributed by atoms with van der Waals surface area (Å²) in [4.78, 5) is 37.7. The van der Waals surface area contributed by atoms with E-state index in [1.165, 1.54) is 23.7 Å². The van der Waals surface area contributed by atoms with E-state index in [0.717, 1.165) is 0 Å². The van der Waals surface area contributed by atoms with Crippen LogP contribution in [0.2, 0.25) is 0 Å². The molecule has 1 atom stereocenters. The second kappa shape index (κ2) is 8.28.